The maximum atomic E-state index is 12.9. The minimum Gasteiger partial charge on any atom is -0.611 e. The van der Waals surface area contributed by atoms with E-state index in [1.54, 1.807) is 6.20 Å². The summed E-state index contributed by atoms with van der Waals surface area (Å²) in [6.07, 6.45) is 3.09. The Hall–Kier alpha value is -2.37. The zero-order chi connectivity index (χ0) is 24.8. The number of fused-ring (bicyclic) bond motifs is 1. The van der Waals surface area contributed by atoms with Gasteiger partial charge in [0.05, 0.1) is 0 Å². The third kappa shape index (κ3) is 6.07. The predicted octanol–water partition coefficient (Wildman–Crippen LogP) is 6.04. The largest absolute Gasteiger partial charge is 0.611 e. The number of ether oxygens (including phenoxy) is 1. The van der Waals surface area contributed by atoms with E-state index in [1.807, 2.05) is 35.7 Å². The highest BCUT2D eigenvalue weighted by Crippen LogP contribution is 2.43. The van der Waals surface area contributed by atoms with Crippen molar-refractivity contribution in [2.45, 2.75) is 30.6 Å². The second-order valence-corrected chi connectivity index (χ2v) is 11.7. The van der Waals surface area contributed by atoms with E-state index in [1.165, 1.54) is 22.7 Å². The molecule has 0 radical (unpaired) electrons. The van der Waals surface area contributed by atoms with Crippen molar-refractivity contribution in [2.24, 2.45) is 0 Å². The molecule has 35 heavy (non-hydrogen) atoms. The lowest BCUT2D eigenvalue weighted by molar-refractivity contribution is 0.140. The van der Waals surface area contributed by atoms with Gasteiger partial charge in [-0.3, -0.25) is 0 Å². The predicted molar refractivity (Wildman–Crippen MR) is 146 cm³/mol. The number of benzene rings is 1. The fourth-order valence-electron chi connectivity index (χ4n) is 3.45. The summed E-state index contributed by atoms with van der Waals surface area (Å²) in [7, 11) is 0. The number of aromatic nitrogens is 2. The van der Waals surface area contributed by atoms with Crippen LogP contribution in [0.15, 0.2) is 46.1 Å². The highest BCUT2D eigenvalue weighted by molar-refractivity contribution is 7.93. The Morgan fingerprint density at radius 2 is 2.11 bits per heavy atom. The lowest BCUT2D eigenvalue weighted by Crippen LogP contribution is -2.25. The molecule has 0 saturated heterocycles. The molecule has 0 aliphatic carbocycles. The van der Waals surface area contributed by atoms with Gasteiger partial charge in [-0.1, -0.05) is 48.9 Å². The van der Waals surface area contributed by atoms with Crippen molar-refractivity contribution in [1.29, 1.82) is 0 Å². The van der Waals surface area contributed by atoms with Crippen LogP contribution in [0, 0.1) is 0 Å². The number of alkyl carbamates (subject to hydrolysis) is 1. The number of hydrogen-bond acceptors (Lipinski definition) is 8. The Morgan fingerprint density at radius 1 is 1.31 bits per heavy atom. The quantitative estimate of drug-likeness (QED) is 0.184. The molecule has 0 bridgehead atoms. The first kappa shape index (κ1) is 25.7. The van der Waals surface area contributed by atoms with Crippen molar-refractivity contribution in [3.8, 4) is 21.8 Å². The topological polar surface area (TPSA) is 113 Å². The van der Waals surface area contributed by atoms with Crippen LogP contribution in [0.25, 0.3) is 32.0 Å². The van der Waals surface area contributed by atoms with Crippen LogP contribution in [0.2, 0.25) is 0 Å². The average molecular weight is 549 g/mol. The monoisotopic (exact) mass is 548 g/mol. The molecule has 3 aromatic heterocycles. The lowest BCUT2D eigenvalue weighted by Gasteiger charge is -2.10. The number of nitrogens with two attached hydrogens (primary N) is 1. The van der Waals surface area contributed by atoms with Gasteiger partial charge in [0.25, 0.3) is 0 Å². The molecule has 4 aromatic rings. The van der Waals surface area contributed by atoms with E-state index in [9.17, 15) is 9.35 Å². The summed E-state index contributed by atoms with van der Waals surface area (Å²) in [6, 6.07) is 9.71. The number of halogens is 1. The van der Waals surface area contributed by atoms with Crippen molar-refractivity contribution in [3.63, 3.8) is 0 Å². The molecular formula is C24H25ClN4O3S3. The van der Waals surface area contributed by atoms with Gasteiger partial charge in [0.15, 0.2) is 0 Å². The minimum absolute atomic E-state index is 0.145. The standard InChI is InChI=1S/C24H25ClN4O3S3/c1-2-3-12-35(31)23-20(26)19-17(13-18(29-22(19)34-23)21-27-10-11-33-21)16-6-4-15(5-7-16)14-32-24(30)28-9-8-25/h4-7,10-11,13H,2-3,8-9,12,14,26H2,1H3,(H,28,30). The number of alkyl halides is 1. The highest BCUT2D eigenvalue weighted by Gasteiger charge is 2.25. The molecule has 4 rings (SSSR count). The summed E-state index contributed by atoms with van der Waals surface area (Å²) in [5, 5.41) is 6.09. The first-order chi connectivity index (χ1) is 17.0. The fraction of sp³-hybridized carbons (Fsp3) is 0.292. The number of nitrogens with one attached hydrogen (secondary N) is 1. The zero-order valence-electron chi connectivity index (χ0n) is 19.1. The normalized spacial score (nSPS) is 12.1. The Kier molecular flexibility index (Phi) is 8.85. The van der Waals surface area contributed by atoms with Crippen LogP contribution in [0.1, 0.15) is 25.3 Å². The number of amides is 1. The molecule has 1 aromatic carbocycles. The van der Waals surface area contributed by atoms with Crippen molar-refractivity contribution in [3.05, 3.63) is 47.5 Å². The van der Waals surface area contributed by atoms with Crippen LogP contribution in [-0.4, -0.2) is 38.8 Å². The molecule has 3 heterocycles. The van der Waals surface area contributed by atoms with Crippen molar-refractivity contribution in [2.75, 3.05) is 23.9 Å². The van der Waals surface area contributed by atoms with E-state index in [-0.39, 0.29) is 6.61 Å². The first-order valence-corrected chi connectivity index (χ1v) is 14.6. The Balaban J connectivity index is 1.69. The Bertz CT molecular complexity index is 1280. The summed E-state index contributed by atoms with van der Waals surface area (Å²) in [5.74, 6) is 0.905. The molecule has 0 aliphatic heterocycles. The van der Waals surface area contributed by atoms with Gasteiger partial charge >= 0.3 is 6.09 Å². The molecular weight excluding hydrogens is 524 g/mol. The van der Waals surface area contributed by atoms with Gasteiger partial charge in [-0.15, -0.1) is 22.9 Å². The number of carbonyl (C=O) groups excluding carboxylic acids is 1. The molecule has 1 atom stereocenters. The number of nitrogens with zero attached hydrogens (tertiary/aromatic N) is 2. The van der Waals surface area contributed by atoms with Crippen LogP contribution in [0.3, 0.4) is 0 Å². The maximum Gasteiger partial charge on any atom is 0.407 e. The molecule has 0 fully saturated rings. The summed E-state index contributed by atoms with van der Waals surface area (Å²) in [6.45, 7) is 2.57. The number of unbranched alkanes of at least 4 members (excludes halogenated alkanes) is 1. The van der Waals surface area contributed by atoms with Crippen molar-refractivity contribution in [1.82, 2.24) is 15.3 Å². The van der Waals surface area contributed by atoms with Crippen LogP contribution in [0.4, 0.5) is 10.5 Å². The van der Waals surface area contributed by atoms with Gasteiger partial charge in [0.2, 0.25) is 4.21 Å². The summed E-state index contributed by atoms with van der Waals surface area (Å²) < 4.78 is 18.8. The maximum absolute atomic E-state index is 12.9. The summed E-state index contributed by atoms with van der Waals surface area (Å²) >= 11 is 7.30. The Morgan fingerprint density at radius 3 is 2.80 bits per heavy atom. The number of nitrogen functional groups attached to an aromatic ring is 1. The second-order valence-electron chi connectivity index (χ2n) is 7.67. The molecule has 0 saturated carbocycles. The second kappa shape index (κ2) is 12.0. The van der Waals surface area contributed by atoms with E-state index in [2.05, 4.69) is 17.2 Å². The molecule has 11 heteroatoms. The summed E-state index contributed by atoms with van der Waals surface area (Å²) in [5.41, 5.74) is 10.5. The van der Waals surface area contributed by atoms with Gasteiger partial charge < -0.3 is 20.3 Å². The third-order valence-electron chi connectivity index (χ3n) is 5.21. The van der Waals surface area contributed by atoms with Crippen molar-refractivity contribution >= 4 is 67.4 Å². The van der Waals surface area contributed by atoms with Crippen LogP contribution in [-0.2, 0) is 22.5 Å². The SMILES string of the molecule is CCCC[S+]([O-])c1sc2nc(-c3nccs3)cc(-c3ccc(COC(=O)NCCCl)cc3)c2c1N. The minimum atomic E-state index is -1.17. The molecule has 184 valence electrons. The van der Waals surface area contributed by atoms with E-state index >= 15 is 0 Å². The number of thiazole rings is 1. The van der Waals surface area contributed by atoms with E-state index in [0.717, 1.165) is 50.5 Å². The van der Waals surface area contributed by atoms with Crippen LogP contribution in [0.5, 0.6) is 0 Å². The number of anilines is 1. The number of thiophene rings is 1. The highest BCUT2D eigenvalue weighted by atomic mass is 35.5. The molecule has 0 spiro atoms. The molecule has 7 nitrogen and oxygen atoms in total. The number of pyridine rings is 1. The molecule has 1 unspecified atom stereocenters. The number of rotatable bonds is 10. The van der Waals surface area contributed by atoms with Gasteiger partial charge in [-0.25, -0.2) is 14.8 Å². The zero-order valence-corrected chi connectivity index (χ0v) is 22.3. The van der Waals surface area contributed by atoms with Crippen LogP contribution >= 0.6 is 34.3 Å². The smallest absolute Gasteiger partial charge is 0.407 e. The number of carbonyl (C=O) groups is 1. The van der Waals surface area contributed by atoms with E-state index in [4.69, 9.17) is 27.1 Å². The van der Waals surface area contributed by atoms with E-state index < -0.39 is 17.3 Å². The van der Waals surface area contributed by atoms with Gasteiger partial charge in [0, 0.05) is 29.4 Å². The average Bonchev–Trinajstić information content (AvgIpc) is 3.53. The van der Waals surface area contributed by atoms with Crippen molar-refractivity contribution < 1.29 is 14.1 Å². The van der Waals surface area contributed by atoms with Gasteiger partial charge in [0.1, 0.15) is 33.6 Å². The van der Waals surface area contributed by atoms with Gasteiger partial charge in [-0.2, -0.15) is 0 Å². The first-order valence-electron chi connectivity index (χ1n) is 11.1. The molecule has 3 N–H and O–H groups in total. The van der Waals surface area contributed by atoms with Gasteiger partial charge in [-0.05, 0) is 40.4 Å². The summed E-state index contributed by atoms with van der Waals surface area (Å²) in [4.78, 5) is 21.7. The fourth-order valence-corrected chi connectivity index (χ4v) is 6.94. The molecule has 1 amide bonds. The van der Waals surface area contributed by atoms with Crippen LogP contribution < -0.4 is 11.1 Å². The number of hydrogen-bond donors (Lipinski definition) is 2. The van der Waals surface area contributed by atoms with E-state index in [0.29, 0.717) is 28.1 Å². The third-order valence-corrected chi connectivity index (χ3v) is 9.18. The lowest BCUT2D eigenvalue weighted by atomic mass is 10.0. The Labute approximate surface area is 219 Å². The molecule has 0 aliphatic rings.